The maximum absolute atomic E-state index is 12.9. The van der Waals surface area contributed by atoms with Gasteiger partial charge in [0.05, 0.1) is 12.2 Å². The Bertz CT molecular complexity index is 564. The fraction of sp³-hybridized carbons (Fsp3) is 0.632. The molecule has 1 unspecified atom stereocenters. The first-order chi connectivity index (χ1) is 11.3. The molecule has 1 amide bonds. The molecule has 2 heterocycles. The quantitative estimate of drug-likeness (QED) is 0.838. The normalized spacial score (nSPS) is 25.0. The predicted molar refractivity (Wildman–Crippen MR) is 89.8 cm³/mol. The van der Waals surface area contributed by atoms with Crippen LogP contribution >= 0.6 is 0 Å². The van der Waals surface area contributed by atoms with Gasteiger partial charge < -0.3 is 9.64 Å². The molecule has 3 fully saturated rings. The Morgan fingerprint density at radius 3 is 2.65 bits per heavy atom. The number of ether oxygens (including phenoxy) is 1. The number of amides is 1. The van der Waals surface area contributed by atoms with E-state index in [1.807, 2.05) is 29.2 Å². The molecule has 1 aromatic rings. The van der Waals surface area contributed by atoms with E-state index < -0.39 is 0 Å². The molecule has 0 spiro atoms. The first-order valence-corrected chi connectivity index (χ1v) is 9.06. The fourth-order valence-electron chi connectivity index (χ4n) is 3.76. The number of hydrogen-bond acceptors (Lipinski definition) is 3. The van der Waals surface area contributed by atoms with Crippen molar-refractivity contribution in [3.05, 3.63) is 29.8 Å². The Balaban J connectivity index is 1.42. The van der Waals surface area contributed by atoms with Crippen molar-refractivity contribution < 1.29 is 9.53 Å². The van der Waals surface area contributed by atoms with E-state index in [1.165, 1.54) is 38.8 Å². The lowest BCUT2D eigenvalue weighted by molar-refractivity contribution is 0.0775. The van der Waals surface area contributed by atoms with Crippen molar-refractivity contribution in [2.75, 3.05) is 32.8 Å². The monoisotopic (exact) mass is 314 g/mol. The van der Waals surface area contributed by atoms with Crippen molar-refractivity contribution >= 4 is 5.91 Å². The van der Waals surface area contributed by atoms with E-state index in [9.17, 15) is 4.79 Å². The summed E-state index contributed by atoms with van der Waals surface area (Å²) < 4.78 is 5.91. The van der Waals surface area contributed by atoms with Gasteiger partial charge in [-0.1, -0.05) is 12.1 Å². The molecule has 23 heavy (non-hydrogen) atoms. The molecule has 0 aromatic heterocycles. The standard InChI is InChI=1S/C19H26N2O2/c22-19(21-12-9-16(13-21)20-10-3-4-11-20)17-5-1-2-6-18(17)23-14-15-7-8-15/h1-2,5-6,15-16H,3-4,7-14H2. The average molecular weight is 314 g/mol. The van der Waals surface area contributed by atoms with E-state index in [0.29, 0.717) is 12.0 Å². The van der Waals surface area contributed by atoms with E-state index in [4.69, 9.17) is 4.74 Å². The predicted octanol–water partition coefficient (Wildman–Crippen LogP) is 2.79. The largest absolute Gasteiger partial charge is 0.492 e. The number of benzene rings is 1. The number of rotatable bonds is 5. The van der Waals surface area contributed by atoms with E-state index in [0.717, 1.165) is 37.4 Å². The van der Waals surface area contributed by atoms with Gasteiger partial charge in [0.2, 0.25) is 0 Å². The Hall–Kier alpha value is -1.55. The van der Waals surface area contributed by atoms with Gasteiger partial charge in [0.1, 0.15) is 5.75 Å². The van der Waals surface area contributed by atoms with Gasteiger partial charge in [0.15, 0.2) is 0 Å². The van der Waals surface area contributed by atoms with Crippen molar-refractivity contribution in [3.63, 3.8) is 0 Å². The zero-order valence-corrected chi connectivity index (χ0v) is 13.7. The lowest BCUT2D eigenvalue weighted by Gasteiger charge is -2.24. The van der Waals surface area contributed by atoms with Gasteiger partial charge in [-0.3, -0.25) is 9.69 Å². The summed E-state index contributed by atoms with van der Waals surface area (Å²) in [5.74, 6) is 1.59. The molecule has 4 rings (SSSR count). The maximum Gasteiger partial charge on any atom is 0.257 e. The lowest BCUT2D eigenvalue weighted by atomic mass is 10.1. The van der Waals surface area contributed by atoms with Gasteiger partial charge in [-0.15, -0.1) is 0 Å². The van der Waals surface area contributed by atoms with Crippen molar-refractivity contribution in [2.24, 2.45) is 5.92 Å². The molecule has 3 aliphatic rings. The molecular weight excluding hydrogens is 288 g/mol. The zero-order chi connectivity index (χ0) is 15.6. The van der Waals surface area contributed by atoms with E-state index in [-0.39, 0.29) is 5.91 Å². The lowest BCUT2D eigenvalue weighted by Crippen LogP contribution is -2.37. The minimum absolute atomic E-state index is 0.137. The van der Waals surface area contributed by atoms with Gasteiger partial charge in [0.25, 0.3) is 5.91 Å². The molecule has 1 aliphatic carbocycles. The second kappa shape index (κ2) is 6.52. The number of para-hydroxylation sites is 1. The van der Waals surface area contributed by atoms with Gasteiger partial charge in [-0.2, -0.15) is 0 Å². The van der Waals surface area contributed by atoms with Crippen molar-refractivity contribution in [1.82, 2.24) is 9.80 Å². The Labute approximate surface area is 138 Å². The summed E-state index contributed by atoms with van der Waals surface area (Å²) in [6.07, 6.45) is 6.25. The summed E-state index contributed by atoms with van der Waals surface area (Å²) in [4.78, 5) is 17.5. The van der Waals surface area contributed by atoms with E-state index in [2.05, 4.69) is 4.90 Å². The summed E-state index contributed by atoms with van der Waals surface area (Å²) in [6, 6.07) is 8.29. The number of nitrogens with zero attached hydrogens (tertiary/aromatic N) is 2. The molecular formula is C19H26N2O2. The first kappa shape index (κ1) is 15.0. The van der Waals surface area contributed by atoms with Crippen molar-refractivity contribution in [3.8, 4) is 5.75 Å². The van der Waals surface area contributed by atoms with Crippen LogP contribution in [0.15, 0.2) is 24.3 Å². The summed E-state index contributed by atoms with van der Waals surface area (Å²) in [6.45, 7) is 4.90. The van der Waals surface area contributed by atoms with Crippen LogP contribution in [0.5, 0.6) is 5.75 Å². The smallest absolute Gasteiger partial charge is 0.257 e. The second-order valence-corrected chi connectivity index (χ2v) is 7.19. The van der Waals surface area contributed by atoms with Crippen LogP contribution in [0.4, 0.5) is 0 Å². The number of hydrogen-bond donors (Lipinski definition) is 0. The fourth-order valence-corrected chi connectivity index (χ4v) is 3.76. The first-order valence-electron chi connectivity index (χ1n) is 9.06. The molecule has 4 heteroatoms. The topological polar surface area (TPSA) is 32.8 Å². The number of likely N-dealkylation sites (tertiary alicyclic amines) is 2. The summed E-state index contributed by atoms with van der Waals surface area (Å²) in [5.41, 5.74) is 0.732. The van der Waals surface area contributed by atoms with Gasteiger partial charge >= 0.3 is 0 Å². The number of carbonyl (C=O) groups excluding carboxylic acids is 1. The van der Waals surface area contributed by atoms with Crippen molar-refractivity contribution in [1.29, 1.82) is 0 Å². The van der Waals surface area contributed by atoms with Crippen LogP contribution in [-0.2, 0) is 0 Å². The minimum Gasteiger partial charge on any atom is -0.492 e. The van der Waals surface area contributed by atoms with E-state index >= 15 is 0 Å². The second-order valence-electron chi connectivity index (χ2n) is 7.19. The molecule has 124 valence electrons. The van der Waals surface area contributed by atoms with Gasteiger partial charge in [0, 0.05) is 19.1 Å². The van der Waals surface area contributed by atoms with Crippen LogP contribution in [0.2, 0.25) is 0 Å². The summed E-state index contributed by atoms with van der Waals surface area (Å²) >= 11 is 0. The molecule has 1 saturated carbocycles. The van der Waals surface area contributed by atoms with Crippen molar-refractivity contribution in [2.45, 2.75) is 38.1 Å². The Morgan fingerprint density at radius 2 is 1.87 bits per heavy atom. The molecule has 0 bridgehead atoms. The minimum atomic E-state index is 0.137. The third kappa shape index (κ3) is 3.37. The SMILES string of the molecule is O=C(c1ccccc1OCC1CC1)N1CCC(N2CCCC2)C1. The van der Waals surface area contributed by atoms with Crippen LogP contribution in [0.25, 0.3) is 0 Å². The highest BCUT2D eigenvalue weighted by Gasteiger charge is 2.33. The van der Waals surface area contributed by atoms with E-state index in [1.54, 1.807) is 0 Å². The highest BCUT2D eigenvalue weighted by Crippen LogP contribution is 2.31. The van der Waals surface area contributed by atoms with Crippen LogP contribution in [0.1, 0.15) is 42.5 Å². The molecule has 0 N–H and O–H groups in total. The van der Waals surface area contributed by atoms with Gasteiger partial charge in [-0.05, 0) is 63.2 Å². The zero-order valence-electron chi connectivity index (χ0n) is 13.7. The average Bonchev–Trinajstić information content (AvgIpc) is 3.05. The molecule has 1 atom stereocenters. The molecule has 2 saturated heterocycles. The maximum atomic E-state index is 12.9. The third-order valence-corrected chi connectivity index (χ3v) is 5.40. The van der Waals surface area contributed by atoms with Crippen LogP contribution in [0.3, 0.4) is 0 Å². The van der Waals surface area contributed by atoms with Crippen LogP contribution < -0.4 is 4.74 Å². The third-order valence-electron chi connectivity index (χ3n) is 5.40. The Kier molecular flexibility index (Phi) is 4.25. The highest BCUT2D eigenvalue weighted by molar-refractivity contribution is 5.97. The summed E-state index contributed by atoms with van der Waals surface area (Å²) in [5, 5.41) is 0. The molecule has 1 aromatic carbocycles. The Morgan fingerprint density at radius 1 is 1.09 bits per heavy atom. The number of carbonyl (C=O) groups is 1. The summed E-state index contributed by atoms with van der Waals surface area (Å²) in [7, 11) is 0. The molecule has 2 aliphatic heterocycles. The molecule has 0 radical (unpaired) electrons. The van der Waals surface area contributed by atoms with Gasteiger partial charge in [-0.25, -0.2) is 0 Å². The highest BCUT2D eigenvalue weighted by atomic mass is 16.5. The van der Waals surface area contributed by atoms with Crippen LogP contribution in [0, 0.1) is 5.92 Å². The van der Waals surface area contributed by atoms with Crippen LogP contribution in [-0.4, -0.2) is 54.5 Å². The molecule has 4 nitrogen and oxygen atoms in total.